The van der Waals surface area contributed by atoms with E-state index < -0.39 is 11.6 Å². The molecule has 0 aliphatic carbocycles. The molecule has 2 aromatic carbocycles. The zero-order valence-corrected chi connectivity index (χ0v) is 12.9. The highest BCUT2D eigenvalue weighted by atomic mass is 19.1. The van der Waals surface area contributed by atoms with E-state index in [1.165, 1.54) is 12.1 Å². The molecule has 0 aromatic heterocycles. The van der Waals surface area contributed by atoms with Crippen LogP contribution in [0.5, 0.6) is 0 Å². The fourth-order valence-electron chi connectivity index (χ4n) is 2.90. The summed E-state index contributed by atoms with van der Waals surface area (Å²) in [6.07, 6.45) is 1.68. The van der Waals surface area contributed by atoms with Crippen LogP contribution in [0.2, 0.25) is 0 Å². The van der Waals surface area contributed by atoms with E-state index in [4.69, 9.17) is 9.47 Å². The summed E-state index contributed by atoms with van der Waals surface area (Å²) in [6.45, 7) is 1.55. The second kappa shape index (κ2) is 7.66. The van der Waals surface area contributed by atoms with Crippen molar-refractivity contribution < 1.29 is 18.3 Å². The Hall–Kier alpha value is -1.78. The monoisotopic (exact) mass is 318 g/mol. The Morgan fingerprint density at radius 3 is 2.57 bits per heavy atom. The highest BCUT2D eigenvalue weighted by Crippen LogP contribution is 2.30. The SMILES string of the molecule is Fc1ccc(C2CC[C@H](COCc3ccccc3)OC2)c(F)c1. The summed E-state index contributed by atoms with van der Waals surface area (Å²) in [4.78, 5) is 0. The van der Waals surface area contributed by atoms with Gasteiger partial charge >= 0.3 is 0 Å². The van der Waals surface area contributed by atoms with Crippen LogP contribution in [0.3, 0.4) is 0 Å². The first-order valence-electron chi connectivity index (χ1n) is 7.90. The molecule has 23 heavy (non-hydrogen) atoms. The molecule has 1 unspecified atom stereocenters. The fourth-order valence-corrected chi connectivity index (χ4v) is 2.90. The lowest BCUT2D eigenvalue weighted by Crippen LogP contribution is -2.29. The molecule has 0 saturated carbocycles. The van der Waals surface area contributed by atoms with Crippen molar-refractivity contribution in [2.24, 2.45) is 0 Å². The van der Waals surface area contributed by atoms with Crippen LogP contribution >= 0.6 is 0 Å². The van der Waals surface area contributed by atoms with E-state index >= 15 is 0 Å². The zero-order valence-electron chi connectivity index (χ0n) is 12.9. The van der Waals surface area contributed by atoms with Crippen LogP contribution in [0.15, 0.2) is 48.5 Å². The molecule has 1 aliphatic heterocycles. The van der Waals surface area contributed by atoms with E-state index in [1.807, 2.05) is 30.3 Å². The number of rotatable bonds is 5. The first kappa shape index (κ1) is 16.1. The minimum atomic E-state index is -0.546. The molecule has 0 amide bonds. The predicted molar refractivity (Wildman–Crippen MR) is 84.2 cm³/mol. The van der Waals surface area contributed by atoms with Crippen molar-refractivity contribution in [1.82, 2.24) is 0 Å². The van der Waals surface area contributed by atoms with Crippen LogP contribution in [-0.4, -0.2) is 19.3 Å². The van der Waals surface area contributed by atoms with Crippen molar-refractivity contribution >= 4 is 0 Å². The zero-order chi connectivity index (χ0) is 16.1. The van der Waals surface area contributed by atoms with Crippen LogP contribution in [-0.2, 0) is 16.1 Å². The Balaban J connectivity index is 1.45. The number of benzene rings is 2. The quantitative estimate of drug-likeness (QED) is 0.811. The van der Waals surface area contributed by atoms with E-state index in [2.05, 4.69) is 0 Å². The van der Waals surface area contributed by atoms with Crippen LogP contribution in [0, 0.1) is 11.6 Å². The standard InChI is InChI=1S/C19H20F2O2/c20-16-7-9-18(19(21)10-16)15-6-8-17(23-12-15)13-22-11-14-4-2-1-3-5-14/h1-5,7,9-10,15,17H,6,8,11-13H2/t15?,17-/m1/s1. The fraction of sp³-hybridized carbons (Fsp3) is 0.368. The first-order chi connectivity index (χ1) is 11.2. The maximum atomic E-state index is 13.8. The van der Waals surface area contributed by atoms with Crippen LogP contribution < -0.4 is 0 Å². The Morgan fingerprint density at radius 2 is 1.87 bits per heavy atom. The molecular formula is C19H20F2O2. The second-order valence-corrected chi connectivity index (χ2v) is 5.90. The Bertz CT molecular complexity index is 623. The number of hydrogen-bond acceptors (Lipinski definition) is 2. The van der Waals surface area contributed by atoms with Crippen molar-refractivity contribution in [3.05, 3.63) is 71.3 Å². The van der Waals surface area contributed by atoms with E-state index in [0.717, 1.165) is 24.5 Å². The van der Waals surface area contributed by atoms with Crippen molar-refractivity contribution in [2.75, 3.05) is 13.2 Å². The van der Waals surface area contributed by atoms with Gasteiger partial charge in [-0.3, -0.25) is 0 Å². The molecule has 0 radical (unpaired) electrons. The van der Waals surface area contributed by atoms with Crippen LogP contribution in [0.25, 0.3) is 0 Å². The molecule has 2 nitrogen and oxygen atoms in total. The Labute approximate surface area is 135 Å². The highest BCUT2D eigenvalue weighted by molar-refractivity contribution is 5.23. The molecule has 2 atom stereocenters. The molecule has 4 heteroatoms. The third kappa shape index (κ3) is 4.36. The van der Waals surface area contributed by atoms with Gasteiger partial charge in [0.05, 0.1) is 25.9 Å². The summed E-state index contributed by atoms with van der Waals surface area (Å²) in [5, 5.41) is 0. The van der Waals surface area contributed by atoms with Gasteiger partial charge in [-0.1, -0.05) is 36.4 Å². The van der Waals surface area contributed by atoms with Gasteiger partial charge in [-0.2, -0.15) is 0 Å². The lowest BCUT2D eigenvalue weighted by atomic mass is 9.91. The van der Waals surface area contributed by atoms with E-state index in [0.29, 0.717) is 25.4 Å². The lowest BCUT2D eigenvalue weighted by Gasteiger charge is -2.29. The van der Waals surface area contributed by atoms with E-state index in [9.17, 15) is 8.78 Å². The predicted octanol–water partition coefficient (Wildman–Crippen LogP) is 4.44. The van der Waals surface area contributed by atoms with Gasteiger partial charge in [0, 0.05) is 12.0 Å². The topological polar surface area (TPSA) is 18.5 Å². The summed E-state index contributed by atoms with van der Waals surface area (Å²) < 4.78 is 38.2. The lowest BCUT2D eigenvalue weighted by molar-refractivity contribution is -0.0524. The summed E-state index contributed by atoms with van der Waals surface area (Å²) >= 11 is 0. The maximum Gasteiger partial charge on any atom is 0.129 e. The minimum Gasteiger partial charge on any atom is -0.375 e. The Kier molecular flexibility index (Phi) is 5.36. The van der Waals surface area contributed by atoms with Gasteiger partial charge in [0.25, 0.3) is 0 Å². The molecular weight excluding hydrogens is 298 g/mol. The second-order valence-electron chi connectivity index (χ2n) is 5.90. The molecule has 0 spiro atoms. The summed E-state index contributed by atoms with van der Waals surface area (Å²) in [5.74, 6) is -1.05. The van der Waals surface area contributed by atoms with Gasteiger partial charge in [0.1, 0.15) is 11.6 Å². The van der Waals surface area contributed by atoms with Crippen molar-refractivity contribution in [2.45, 2.75) is 31.5 Å². The molecule has 122 valence electrons. The molecule has 0 N–H and O–H groups in total. The van der Waals surface area contributed by atoms with Crippen molar-refractivity contribution in [1.29, 1.82) is 0 Å². The van der Waals surface area contributed by atoms with Gasteiger partial charge in [-0.05, 0) is 30.0 Å². The maximum absolute atomic E-state index is 13.8. The number of ether oxygens (including phenoxy) is 2. The first-order valence-corrected chi connectivity index (χ1v) is 7.90. The average Bonchev–Trinajstić information content (AvgIpc) is 2.57. The molecule has 1 fully saturated rings. The van der Waals surface area contributed by atoms with Gasteiger partial charge < -0.3 is 9.47 Å². The molecule has 1 aliphatic rings. The normalized spacial score (nSPS) is 21.3. The molecule has 1 heterocycles. The van der Waals surface area contributed by atoms with E-state index in [1.54, 1.807) is 0 Å². The molecule has 1 saturated heterocycles. The van der Waals surface area contributed by atoms with Gasteiger partial charge in [0.2, 0.25) is 0 Å². The molecule has 3 rings (SSSR count). The number of hydrogen-bond donors (Lipinski definition) is 0. The van der Waals surface area contributed by atoms with Gasteiger partial charge in [-0.25, -0.2) is 8.78 Å². The number of halogens is 2. The summed E-state index contributed by atoms with van der Waals surface area (Å²) in [7, 11) is 0. The van der Waals surface area contributed by atoms with Crippen LogP contribution in [0.1, 0.15) is 29.9 Å². The van der Waals surface area contributed by atoms with Crippen molar-refractivity contribution in [3.8, 4) is 0 Å². The van der Waals surface area contributed by atoms with Crippen LogP contribution in [0.4, 0.5) is 8.78 Å². The third-order valence-electron chi connectivity index (χ3n) is 4.19. The largest absolute Gasteiger partial charge is 0.375 e. The van der Waals surface area contributed by atoms with E-state index in [-0.39, 0.29) is 12.0 Å². The van der Waals surface area contributed by atoms with Crippen molar-refractivity contribution in [3.63, 3.8) is 0 Å². The van der Waals surface area contributed by atoms with Gasteiger partial charge in [0.15, 0.2) is 0 Å². The summed E-state index contributed by atoms with van der Waals surface area (Å²) in [6, 6.07) is 13.7. The molecule has 0 bridgehead atoms. The average molecular weight is 318 g/mol. The highest BCUT2D eigenvalue weighted by Gasteiger charge is 2.25. The minimum absolute atomic E-state index is 0.0130. The summed E-state index contributed by atoms with van der Waals surface area (Å²) in [5.41, 5.74) is 1.67. The van der Waals surface area contributed by atoms with Gasteiger partial charge in [-0.15, -0.1) is 0 Å². The Morgan fingerprint density at radius 1 is 1.04 bits per heavy atom. The third-order valence-corrected chi connectivity index (χ3v) is 4.19. The smallest absolute Gasteiger partial charge is 0.129 e. The molecule has 2 aromatic rings.